The molecule has 258 valence electrons. The van der Waals surface area contributed by atoms with E-state index in [0.717, 1.165) is 12.1 Å². The van der Waals surface area contributed by atoms with Crippen molar-refractivity contribution in [3.05, 3.63) is 89.0 Å². The number of nitrogen functional groups attached to an aromatic ring is 1. The van der Waals surface area contributed by atoms with Gasteiger partial charge < -0.3 is 49.3 Å². The Kier molecular flexibility index (Phi) is 11.9. The molecule has 0 atom stereocenters. The summed E-state index contributed by atoms with van der Waals surface area (Å²) in [6, 6.07) is 13.0. The number of rotatable bonds is 15. The van der Waals surface area contributed by atoms with E-state index in [1.165, 1.54) is 60.5 Å². The van der Waals surface area contributed by atoms with Gasteiger partial charge in [0.15, 0.2) is 23.0 Å². The van der Waals surface area contributed by atoms with E-state index >= 15 is 8.78 Å². The maximum atomic E-state index is 16.0. The van der Waals surface area contributed by atoms with E-state index in [-0.39, 0.29) is 77.9 Å². The smallest absolute Gasteiger partial charge is 0.338 e. The molecule has 0 unspecified atom stereocenters. The Morgan fingerprint density at radius 3 is 2.22 bits per heavy atom. The van der Waals surface area contributed by atoms with Gasteiger partial charge in [-0.25, -0.2) is 4.79 Å². The number of benzene rings is 3. The first-order valence-electron chi connectivity index (χ1n) is 14.4. The molecule has 1 aromatic heterocycles. The molecule has 0 aliphatic rings. The van der Waals surface area contributed by atoms with Crippen LogP contribution in [0.2, 0.25) is 0 Å². The number of carbonyl (C=O) groups excluding carboxylic acids is 2. The van der Waals surface area contributed by atoms with Gasteiger partial charge in [0, 0.05) is 25.2 Å². The molecule has 0 saturated carbocycles. The molecule has 0 spiro atoms. The molecule has 3 aromatic carbocycles. The lowest BCUT2D eigenvalue weighted by Gasteiger charge is -2.17. The van der Waals surface area contributed by atoms with Crippen LogP contribution in [-0.4, -0.2) is 85.4 Å². The van der Waals surface area contributed by atoms with Crippen molar-refractivity contribution in [2.75, 3.05) is 47.6 Å². The standard InChI is InChI=1S/C33H32F2N4O10/c1-39(2)32(42)19-5-4-6-21(15-19)47-30-26(34)28(27(35)31(38-30)49-24-16-18(29(36)37)7-9-22(24)41)48-23-10-8-20(17-25(23)44-3)33(43)46-14-13-45-12-11-40/h4-10,15-17,40-41H,11-14H2,1-3H3,(H3,36,37). The number of aliphatic hydroxyl groups is 1. The molecule has 1 amide bonds. The van der Waals surface area contributed by atoms with Crippen molar-refractivity contribution in [2.24, 2.45) is 5.73 Å². The minimum Gasteiger partial charge on any atom is -0.504 e. The molecule has 0 aliphatic carbocycles. The molecule has 14 nitrogen and oxygen atoms in total. The highest BCUT2D eigenvalue weighted by Gasteiger charge is 2.28. The third kappa shape index (κ3) is 8.88. The fourth-order valence-electron chi connectivity index (χ4n) is 4.07. The number of amidine groups is 1. The molecule has 4 aromatic rings. The summed E-state index contributed by atoms with van der Waals surface area (Å²) < 4.78 is 64.2. The highest BCUT2D eigenvalue weighted by molar-refractivity contribution is 5.95. The van der Waals surface area contributed by atoms with Gasteiger partial charge in [-0.15, -0.1) is 0 Å². The zero-order valence-corrected chi connectivity index (χ0v) is 26.5. The quantitative estimate of drug-likeness (QED) is 0.0590. The van der Waals surface area contributed by atoms with Gasteiger partial charge in [0.05, 0.1) is 32.5 Å². The van der Waals surface area contributed by atoms with Crippen LogP contribution in [-0.2, 0) is 9.47 Å². The first-order chi connectivity index (χ1) is 23.4. The first kappa shape index (κ1) is 35.8. The molecule has 1 heterocycles. The number of carbonyl (C=O) groups is 2. The molecular formula is C33H32F2N4O10. The van der Waals surface area contributed by atoms with Crippen molar-refractivity contribution in [3.63, 3.8) is 0 Å². The molecule has 16 heteroatoms. The summed E-state index contributed by atoms with van der Waals surface area (Å²) in [7, 11) is 4.32. The van der Waals surface area contributed by atoms with Crippen molar-refractivity contribution < 1.29 is 57.0 Å². The number of aromatic nitrogens is 1. The maximum absolute atomic E-state index is 16.0. The van der Waals surface area contributed by atoms with Gasteiger partial charge in [-0.1, -0.05) is 6.07 Å². The van der Waals surface area contributed by atoms with Crippen LogP contribution in [0.5, 0.6) is 46.3 Å². The molecule has 4 rings (SSSR count). The van der Waals surface area contributed by atoms with E-state index in [4.69, 9.17) is 44.7 Å². The van der Waals surface area contributed by atoms with E-state index in [0.29, 0.717) is 0 Å². The normalized spacial score (nSPS) is 10.7. The number of nitrogens with one attached hydrogen (secondary N) is 1. The Morgan fingerprint density at radius 2 is 1.55 bits per heavy atom. The average molecular weight is 683 g/mol. The van der Waals surface area contributed by atoms with Crippen molar-refractivity contribution in [1.82, 2.24) is 9.88 Å². The molecule has 0 fully saturated rings. The number of nitrogens with two attached hydrogens (primary N) is 1. The van der Waals surface area contributed by atoms with Crippen LogP contribution in [0, 0.1) is 17.0 Å². The minimum atomic E-state index is -1.47. The topological polar surface area (TPSA) is 196 Å². The lowest BCUT2D eigenvalue weighted by molar-refractivity contribution is 0.0258. The Morgan fingerprint density at radius 1 is 0.857 bits per heavy atom. The van der Waals surface area contributed by atoms with Crippen LogP contribution in [0.3, 0.4) is 0 Å². The number of methoxy groups -OCH3 is 1. The van der Waals surface area contributed by atoms with Crippen molar-refractivity contribution in [1.29, 1.82) is 5.41 Å². The fourth-order valence-corrected chi connectivity index (χ4v) is 4.07. The number of aliphatic hydroxyl groups excluding tert-OH is 1. The monoisotopic (exact) mass is 682 g/mol. The number of ether oxygens (including phenoxy) is 6. The minimum absolute atomic E-state index is 0.0167. The van der Waals surface area contributed by atoms with E-state index in [9.17, 15) is 14.7 Å². The number of hydrogen-bond donors (Lipinski definition) is 4. The second-order valence-electron chi connectivity index (χ2n) is 10.1. The van der Waals surface area contributed by atoms with Gasteiger partial charge in [-0.3, -0.25) is 10.2 Å². The van der Waals surface area contributed by atoms with Gasteiger partial charge >= 0.3 is 5.97 Å². The second kappa shape index (κ2) is 16.2. The number of amides is 1. The third-order valence-electron chi connectivity index (χ3n) is 6.46. The highest BCUT2D eigenvalue weighted by atomic mass is 19.1. The zero-order valence-electron chi connectivity index (χ0n) is 26.5. The van der Waals surface area contributed by atoms with Crippen LogP contribution in [0.4, 0.5) is 8.78 Å². The van der Waals surface area contributed by atoms with Crippen LogP contribution in [0.15, 0.2) is 60.7 Å². The predicted octanol–water partition coefficient (Wildman–Crippen LogP) is 4.60. The summed E-state index contributed by atoms with van der Waals surface area (Å²) in [5.74, 6) is -8.52. The van der Waals surface area contributed by atoms with Gasteiger partial charge in [0.25, 0.3) is 17.7 Å². The number of nitrogens with zero attached hydrogens (tertiary/aromatic N) is 2. The Hall–Kier alpha value is -6.00. The van der Waals surface area contributed by atoms with E-state index in [2.05, 4.69) is 4.98 Å². The third-order valence-corrected chi connectivity index (χ3v) is 6.46. The molecule has 0 radical (unpaired) electrons. The molecule has 0 saturated heterocycles. The zero-order chi connectivity index (χ0) is 35.7. The number of aromatic hydroxyl groups is 1. The highest BCUT2D eigenvalue weighted by Crippen LogP contribution is 2.43. The lowest BCUT2D eigenvalue weighted by atomic mass is 10.2. The molecule has 0 bridgehead atoms. The van der Waals surface area contributed by atoms with Crippen molar-refractivity contribution >= 4 is 17.7 Å². The molecule has 0 aliphatic heterocycles. The molecule has 5 N–H and O–H groups in total. The summed E-state index contributed by atoms with van der Waals surface area (Å²) in [5, 5.41) is 26.8. The van der Waals surface area contributed by atoms with Crippen LogP contribution < -0.4 is 24.7 Å². The van der Waals surface area contributed by atoms with Gasteiger partial charge in [-0.2, -0.15) is 13.8 Å². The van der Waals surface area contributed by atoms with Crippen LogP contribution in [0.25, 0.3) is 0 Å². The Balaban J connectivity index is 1.74. The Labute approximate surface area is 278 Å². The van der Waals surface area contributed by atoms with E-state index in [1.54, 1.807) is 14.1 Å². The number of phenolic OH excluding ortho intramolecular Hbond substituents is 1. The second-order valence-corrected chi connectivity index (χ2v) is 10.1. The SMILES string of the molecule is COc1cc(C(=O)OCCOCCO)ccc1Oc1c(F)c(Oc2cccc(C(=O)N(C)C)c2)nc(Oc2cc(C(=N)N)ccc2O)c1F. The van der Waals surface area contributed by atoms with Gasteiger partial charge in [0.1, 0.15) is 18.2 Å². The number of hydrogen-bond acceptors (Lipinski definition) is 12. The number of halogens is 2. The number of pyridine rings is 1. The van der Waals surface area contributed by atoms with Crippen LogP contribution >= 0.6 is 0 Å². The Bertz CT molecular complexity index is 1850. The fraction of sp³-hybridized carbons (Fsp3) is 0.212. The van der Waals surface area contributed by atoms with Gasteiger partial charge in [-0.05, 0) is 54.6 Å². The number of esters is 1. The van der Waals surface area contributed by atoms with Crippen LogP contribution in [0.1, 0.15) is 26.3 Å². The average Bonchev–Trinajstić information content (AvgIpc) is 3.09. The van der Waals surface area contributed by atoms with E-state index < -0.39 is 40.9 Å². The molecular weight excluding hydrogens is 650 g/mol. The van der Waals surface area contributed by atoms with E-state index in [1.807, 2.05) is 0 Å². The van der Waals surface area contributed by atoms with Crippen molar-refractivity contribution in [2.45, 2.75) is 0 Å². The summed E-state index contributed by atoms with van der Waals surface area (Å²) in [6.07, 6.45) is 0. The summed E-state index contributed by atoms with van der Waals surface area (Å²) in [5.41, 5.74) is 5.86. The predicted molar refractivity (Wildman–Crippen MR) is 169 cm³/mol. The summed E-state index contributed by atoms with van der Waals surface area (Å²) in [4.78, 5) is 30.1. The summed E-state index contributed by atoms with van der Waals surface area (Å²) >= 11 is 0. The maximum Gasteiger partial charge on any atom is 0.338 e. The van der Waals surface area contributed by atoms with Crippen molar-refractivity contribution in [3.8, 4) is 46.3 Å². The largest absolute Gasteiger partial charge is 0.504 e. The summed E-state index contributed by atoms with van der Waals surface area (Å²) in [6.45, 7) is -0.164. The molecule has 49 heavy (non-hydrogen) atoms. The number of phenols is 1. The first-order valence-corrected chi connectivity index (χ1v) is 14.4. The van der Waals surface area contributed by atoms with Gasteiger partial charge in [0.2, 0.25) is 17.4 Å². The lowest BCUT2D eigenvalue weighted by Crippen LogP contribution is -2.21.